The normalized spacial score (nSPS) is 20.8. The maximum absolute atomic E-state index is 11.5. The van der Waals surface area contributed by atoms with Crippen LogP contribution in [0.1, 0.15) is 20.8 Å². The Morgan fingerprint density at radius 3 is 2.06 bits per heavy atom. The Bertz CT molecular complexity index is 285. The Labute approximate surface area is 103 Å². The number of nitrogens with zero attached hydrogens (tertiary/aromatic N) is 2. The molecule has 0 aromatic rings. The summed E-state index contributed by atoms with van der Waals surface area (Å²) in [6.07, 6.45) is 0. The molecule has 0 aromatic carbocycles. The maximum atomic E-state index is 11.5. The van der Waals surface area contributed by atoms with Gasteiger partial charge < -0.3 is 9.64 Å². The van der Waals surface area contributed by atoms with Crippen LogP contribution in [0.3, 0.4) is 0 Å². The molecule has 1 aliphatic rings. The van der Waals surface area contributed by atoms with Crippen molar-refractivity contribution in [1.82, 2.24) is 9.80 Å². The Morgan fingerprint density at radius 2 is 1.65 bits per heavy atom. The number of carbonyl (C=O) groups is 2. The SMILES string of the molecule is COC(=O)C(C)C(C)N1CCN(C(C)=O)CC1. The highest BCUT2D eigenvalue weighted by atomic mass is 16.5. The molecule has 0 N–H and O–H groups in total. The lowest BCUT2D eigenvalue weighted by Gasteiger charge is -2.39. The zero-order valence-corrected chi connectivity index (χ0v) is 11.1. The second-order valence-corrected chi connectivity index (χ2v) is 4.59. The van der Waals surface area contributed by atoms with E-state index in [-0.39, 0.29) is 23.8 Å². The van der Waals surface area contributed by atoms with Gasteiger partial charge in [0.25, 0.3) is 0 Å². The second kappa shape index (κ2) is 6.00. The lowest BCUT2D eigenvalue weighted by molar-refractivity contribution is -0.147. The van der Waals surface area contributed by atoms with Crippen molar-refractivity contribution in [1.29, 1.82) is 0 Å². The summed E-state index contributed by atoms with van der Waals surface area (Å²) in [7, 11) is 1.42. The molecule has 0 saturated carbocycles. The van der Waals surface area contributed by atoms with Crippen LogP contribution in [-0.4, -0.2) is 61.0 Å². The van der Waals surface area contributed by atoms with Gasteiger partial charge in [-0.2, -0.15) is 0 Å². The van der Waals surface area contributed by atoms with E-state index in [4.69, 9.17) is 4.74 Å². The Hall–Kier alpha value is -1.10. The third-order valence-electron chi connectivity index (χ3n) is 3.63. The average molecular weight is 242 g/mol. The molecular formula is C12H22N2O3. The van der Waals surface area contributed by atoms with Crippen LogP contribution in [0, 0.1) is 5.92 Å². The fourth-order valence-electron chi connectivity index (χ4n) is 2.14. The Balaban J connectivity index is 2.48. The summed E-state index contributed by atoms with van der Waals surface area (Å²) in [6.45, 7) is 8.64. The Kier molecular flexibility index (Phi) is 4.93. The zero-order valence-electron chi connectivity index (χ0n) is 11.1. The number of rotatable bonds is 3. The van der Waals surface area contributed by atoms with Crippen molar-refractivity contribution in [3.05, 3.63) is 0 Å². The van der Waals surface area contributed by atoms with Gasteiger partial charge in [0.05, 0.1) is 13.0 Å². The number of amides is 1. The number of esters is 1. The first kappa shape index (κ1) is 14.0. The highest BCUT2D eigenvalue weighted by Crippen LogP contribution is 2.15. The maximum Gasteiger partial charge on any atom is 0.309 e. The van der Waals surface area contributed by atoms with Gasteiger partial charge in [-0.3, -0.25) is 14.5 Å². The molecule has 1 heterocycles. The average Bonchev–Trinajstić information content (AvgIpc) is 2.36. The first-order chi connectivity index (χ1) is 7.97. The molecule has 0 spiro atoms. The van der Waals surface area contributed by atoms with Crippen molar-refractivity contribution in [2.24, 2.45) is 5.92 Å². The van der Waals surface area contributed by atoms with Crippen LogP contribution in [0.25, 0.3) is 0 Å². The van der Waals surface area contributed by atoms with Gasteiger partial charge in [0.2, 0.25) is 5.91 Å². The predicted octanol–water partition coefficient (Wildman–Crippen LogP) is 0.348. The standard InChI is InChI=1S/C12H22N2O3/c1-9(12(16)17-4)10(2)13-5-7-14(8-6-13)11(3)15/h9-10H,5-8H2,1-4H3. The number of methoxy groups -OCH3 is 1. The summed E-state index contributed by atoms with van der Waals surface area (Å²) in [5, 5.41) is 0. The zero-order chi connectivity index (χ0) is 13.0. The number of carbonyl (C=O) groups excluding carboxylic acids is 2. The van der Waals surface area contributed by atoms with E-state index in [2.05, 4.69) is 4.90 Å². The molecule has 2 unspecified atom stereocenters. The number of piperazine rings is 1. The van der Waals surface area contributed by atoms with E-state index in [0.717, 1.165) is 26.2 Å². The first-order valence-corrected chi connectivity index (χ1v) is 6.04. The van der Waals surface area contributed by atoms with Crippen LogP contribution < -0.4 is 0 Å². The second-order valence-electron chi connectivity index (χ2n) is 4.59. The van der Waals surface area contributed by atoms with Crippen LogP contribution in [0.15, 0.2) is 0 Å². The van der Waals surface area contributed by atoms with E-state index >= 15 is 0 Å². The molecule has 1 rings (SSSR count). The quantitative estimate of drug-likeness (QED) is 0.670. The topological polar surface area (TPSA) is 49.9 Å². The lowest BCUT2D eigenvalue weighted by Crippen LogP contribution is -2.53. The van der Waals surface area contributed by atoms with E-state index in [1.807, 2.05) is 18.7 Å². The monoisotopic (exact) mass is 242 g/mol. The van der Waals surface area contributed by atoms with Gasteiger partial charge in [-0.25, -0.2) is 0 Å². The van der Waals surface area contributed by atoms with E-state index in [9.17, 15) is 9.59 Å². The molecule has 17 heavy (non-hydrogen) atoms. The molecular weight excluding hydrogens is 220 g/mol. The van der Waals surface area contributed by atoms with E-state index < -0.39 is 0 Å². The van der Waals surface area contributed by atoms with Gasteiger partial charge >= 0.3 is 5.97 Å². The highest BCUT2D eigenvalue weighted by Gasteiger charge is 2.29. The van der Waals surface area contributed by atoms with Gasteiger partial charge in [0.1, 0.15) is 0 Å². The third kappa shape index (κ3) is 3.43. The molecule has 1 saturated heterocycles. The number of hydrogen-bond acceptors (Lipinski definition) is 4. The van der Waals surface area contributed by atoms with Gasteiger partial charge in [-0.1, -0.05) is 6.92 Å². The molecule has 98 valence electrons. The van der Waals surface area contributed by atoms with Gasteiger partial charge in [0.15, 0.2) is 0 Å². The first-order valence-electron chi connectivity index (χ1n) is 6.04. The molecule has 0 aliphatic carbocycles. The summed E-state index contributed by atoms with van der Waals surface area (Å²) >= 11 is 0. The minimum Gasteiger partial charge on any atom is -0.469 e. The molecule has 5 heteroatoms. The van der Waals surface area contributed by atoms with Crippen molar-refractivity contribution in [3.63, 3.8) is 0 Å². The van der Waals surface area contributed by atoms with Crippen molar-refractivity contribution < 1.29 is 14.3 Å². The molecule has 5 nitrogen and oxygen atoms in total. The summed E-state index contributed by atoms with van der Waals surface area (Å²) in [5.41, 5.74) is 0. The van der Waals surface area contributed by atoms with Gasteiger partial charge in [0, 0.05) is 39.1 Å². The summed E-state index contributed by atoms with van der Waals surface area (Å²) in [6, 6.07) is 0.150. The molecule has 1 aliphatic heterocycles. The molecule has 2 atom stereocenters. The smallest absolute Gasteiger partial charge is 0.309 e. The fraction of sp³-hybridized carbons (Fsp3) is 0.833. The minimum atomic E-state index is -0.175. The molecule has 0 aromatic heterocycles. The van der Waals surface area contributed by atoms with Crippen LogP contribution in [0.4, 0.5) is 0 Å². The summed E-state index contributed by atoms with van der Waals surface area (Å²) in [4.78, 5) is 26.7. The predicted molar refractivity (Wildman–Crippen MR) is 64.5 cm³/mol. The lowest BCUT2D eigenvalue weighted by atomic mass is 10.0. The summed E-state index contributed by atoms with van der Waals surface area (Å²) < 4.78 is 4.75. The largest absolute Gasteiger partial charge is 0.469 e. The van der Waals surface area contributed by atoms with Crippen LogP contribution >= 0.6 is 0 Å². The number of ether oxygens (including phenoxy) is 1. The van der Waals surface area contributed by atoms with Crippen molar-refractivity contribution in [2.45, 2.75) is 26.8 Å². The van der Waals surface area contributed by atoms with Crippen molar-refractivity contribution >= 4 is 11.9 Å². The van der Waals surface area contributed by atoms with E-state index in [1.54, 1.807) is 6.92 Å². The summed E-state index contributed by atoms with van der Waals surface area (Å²) in [5.74, 6) is -0.186. The highest BCUT2D eigenvalue weighted by molar-refractivity contribution is 5.73. The van der Waals surface area contributed by atoms with E-state index in [0.29, 0.717) is 0 Å². The van der Waals surface area contributed by atoms with Crippen molar-refractivity contribution in [2.75, 3.05) is 33.3 Å². The third-order valence-corrected chi connectivity index (χ3v) is 3.63. The molecule has 0 radical (unpaired) electrons. The fourth-order valence-corrected chi connectivity index (χ4v) is 2.14. The van der Waals surface area contributed by atoms with Crippen LogP contribution in [0.5, 0.6) is 0 Å². The van der Waals surface area contributed by atoms with Crippen molar-refractivity contribution in [3.8, 4) is 0 Å². The molecule has 1 amide bonds. The van der Waals surface area contributed by atoms with Gasteiger partial charge in [-0.15, -0.1) is 0 Å². The van der Waals surface area contributed by atoms with Crippen LogP contribution in [-0.2, 0) is 14.3 Å². The molecule has 1 fully saturated rings. The van der Waals surface area contributed by atoms with Crippen LogP contribution in [0.2, 0.25) is 0 Å². The number of hydrogen-bond donors (Lipinski definition) is 0. The molecule has 0 bridgehead atoms. The Morgan fingerprint density at radius 1 is 1.12 bits per heavy atom. The minimum absolute atomic E-state index is 0.123. The van der Waals surface area contributed by atoms with Gasteiger partial charge in [-0.05, 0) is 6.92 Å². The van der Waals surface area contributed by atoms with E-state index in [1.165, 1.54) is 7.11 Å².